The van der Waals surface area contributed by atoms with Crippen LogP contribution in [0.5, 0.6) is 0 Å². The highest BCUT2D eigenvalue weighted by molar-refractivity contribution is 5.66. The van der Waals surface area contributed by atoms with Crippen molar-refractivity contribution >= 4 is 5.97 Å². The molecule has 0 aromatic rings. The van der Waals surface area contributed by atoms with E-state index in [9.17, 15) is 4.79 Å². The maximum absolute atomic E-state index is 10.3. The van der Waals surface area contributed by atoms with E-state index < -0.39 is 5.97 Å². The Labute approximate surface area is 79.7 Å². The predicted molar refractivity (Wildman–Crippen MR) is 51.8 cm³/mol. The number of rotatable bonds is 5. The molecule has 3 nitrogen and oxygen atoms in total. The van der Waals surface area contributed by atoms with E-state index >= 15 is 0 Å². The molecule has 1 heterocycles. The zero-order chi connectivity index (χ0) is 9.68. The monoisotopic (exact) mass is 185 g/mol. The lowest BCUT2D eigenvalue weighted by Crippen LogP contribution is -2.29. The molecule has 1 aliphatic heterocycles. The summed E-state index contributed by atoms with van der Waals surface area (Å²) in [6, 6.07) is 0.716. The molecule has 0 bridgehead atoms. The van der Waals surface area contributed by atoms with E-state index in [4.69, 9.17) is 5.11 Å². The van der Waals surface area contributed by atoms with Crippen LogP contribution >= 0.6 is 0 Å². The molecule has 0 aromatic heterocycles. The van der Waals surface area contributed by atoms with Crippen LogP contribution in [-0.2, 0) is 4.79 Å². The van der Waals surface area contributed by atoms with Gasteiger partial charge in [-0.05, 0) is 38.8 Å². The Balaban J connectivity index is 2.16. The Kier molecular flexibility index (Phi) is 4.22. The van der Waals surface area contributed by atoms with E-state index in [-0.39, 0.29) is 0 Å². The van der Waals surface area contributed by atoms with Crippen molar-refractivity contribution in [2.45, 2.75) is 45.1 Å². The second kappa shape index (κ2) is 5.22. The first-order valence-electron chi connectivity index (χ1n) is 5.20. The normalized spacial score (nSPS) is 23.6. The van der Waals surface area contributed by atoms with Crippen molar-refractivity contribution in [3.63, 3.8) is 0 Å². The molecule has 0 radical (unpaired) electrons. The van der Waals surface area contributed by atoms with Crippen molar-refractivity contribution in [1.29, 1.82) is 0 Å². The summed E-state index contributed by atoms with van der Waals surface area (Å²) >= 11 is 0. The molecule has 1 aliphatic rings. The summed E-state index contributed by atoms with van der Waals surface area (Å²) in [5.74, 6) is -0.674. The van der Waals surface area contributed by atoms with Crippen LogP contribution in [0.1, 0.15) is 39.0 Å². The molecule has 1 N–H and O–H groups in total. The quantitative estimate of drug-likeness (QED) is 0.709. The van der Waals surface area contributed by atoms with Crippen molar-refractivity contribution < 1.29 is 9.90 Å². The third-order valence-corrected chi connectivity index (χ3v) is 2.81. The number of hydrogen-bond donors (Lipinski definition) is 1. The van der Waals surface area contributed by atoms with Gasteiger partial charge in [-0.2, -0.15) is 0 Å². The Morgan fingerprint density at radius 2 is 2.38 bits per heavy atom. The van der Waals surface area contributed by atoms with E-state index in [0.29, 0.717) is 12.5 Å². The summed E-state index contributed by atoms with van der Waals surface area (Å²) in [6.45, 7) is 4.34. The average Bonchev–Trinajstić information content (AvgIpc) is 2.51. The van der Waals surface area contributed by atoms with E-state index in [1.807, 2.05) is 0 Å². The maximum Gasteiger partial charge on any atom is 0.303 e. The smallest absolute Gasteiger partial charge is 0.303 e. The highest BCUT2D eigenvalue weighted by Crippen LogP contribution is 2.19. The molecule has 0 aromatic carbocycles. The first kappa shape index (κ1) is 10.5. The third-order valence-electron chi connectivity index (χ3n) is 2.81. The summed E-state index contributed by atoms with van der Waals surface area (Å²) in [4.78, 5) is 12.7. The lowest BCUT2D eigenvalue weighted by molar-refractivity contribution is -0.137. The molecule has 1 saturated heterocycles. The fourth-order valence-corrected chi connectivity index (χ4v) is 2.09. The van der Waals surface area contributed by atoms with Gasteiger partial charge in [0.05, 0.1) is 0 Å². The number of hydrogen-bond acceptors (Lipinski definition) is 2. The van der Waals surface area contributed by atoms with E-state index in [2.05, 4.69) is 11.8 Å². The van der Waals surface area contributed by atoms with Crippen LogP contribution in [0.25, 0.3) is 0 Å². The van der Waals surface area contributed by atoms with Gasteiger partial charge < -0.3 is 10.0 Å². The fraction of sp³-hybridized carbons (Fsp3) is 0.900. The number of carboxylic acid groups (broad SMARTS) is 1. The number of carboxylic acids is 1. The zero-order valence-corrected chi connectivity index (χ0v) is 8.33. The molecule has 1 rings (SSSR count). The Hall–Kier alpha value is -0.570. The van der Waals surface area contributed by atoms with Crippen LogP contribution in [0.3, 0.4) is 0 Å². The summed E-state index contributed by atoms with van der Waals surface area (Å²) in [6.07, 6.45) is 4.89. The Morgan fingerprint density at radius 3 is 3.00 bits per heavy atom. The number of aliphatic carboxylic acids is 1. The highest BCUT2D eigenvalue weighted by atomic mass is 16.4. The average molecular weight is 185 g/mol. The SMILES string of the molecule is CCC1CCCN1CCCC(=O)O. The summed E-state index contributed by atoms with van der Waals surface area (Å²) in [5, 5.41) is 8.49. The number of nitrogens with zero attached hydrogens (tertiary/aromatic N) is 1. The second-order valence-corrected chi connectivity index (χ2v) is 3.74. The molecule has 0 spiro atoms. The van der Waals surface area contributed by atoms with Crippen molar-refractivity contribution in [1.82, 2.24) is 4.90 Å². The number of likely N-dealkylation sites (tertiary alicyclic amines) is 1. The van der Waals surface area contributed by atoms with E-state index in [1.54, 1.807) is 0 Å². The highest BCUT2D eigenvalue weighted by Gasteiger charge is 2.21. The molecule has 1 unspecified atom stereocenters. The summed E-state index contributed by atoms with van der Waals surface area (Å²) in [7, 11) is 0. The topological polar surface area (TPSA) is 40.5 Å². The van der Waals surface area contributed by atoms with Gasteiger partial charge in [-0.15, -0.1) is 0 Å². The van der Waals surface area contributed by atoms with Gasteiger partial charge in [0.2, 0.25) is 0 Å². The van der Waals surface area contributed by atoms with Crippen LogP contribution in [0.2, 0.25) is 0 Å². The van der Waals surface area contributed by atoms with Gasteiger partial charge in [-0.1, -0.05) is 6.92 Å². The standard InChI is InChI=1S/C10H19NO2/c1-2-9-5-3-7-11(9)8-4-6-10(12)13/h9H,2-8H2,1H3,(H,12,13). The minimum Gasteiger partial charge on any atom is -0.481 e. The van der Waals surface area contributed by atoms with E-state index in [1.165, 1.54) is 19.3 Å². The van der Waals surface area contributed by atoms with Gasteiger partial charge in [0.1, 0.15) is 0 Å². The van der Waals surface area contributed by atoms with Crippen LogP contribution in [0.4, 0.5) is 0 Å². The molecular weight excluding hydrogens is 166 g/mol. The van der Waals surface area contributed by atoms with Crippen LogP contribution in [-0.4, -0.2) is 35.1 Å². The third kappa shape index (κ3) is 3.35. The van der Waals surface area contributed by atoms with Gasteiger partial charge in [-0.25, -0.2) is 0 Å². The van der Waals surface area contributed by atoms with Crippen LogP contribution < -0.4 is 0 Å². The molecule has 1 atom stereocenters. The molecule has 3 heteroatoms. The van der Waals surface area contributed by atoms with Gasteiger partial charge in [0.25, 0.3) is 0 Å². The van der Waals surface area contributed by atoms with Crippen LogP contribution in [0, 0.1) is 0 Å². The lowest BCUT2D eigenvalue weighted by atomic mass is 10.1. The Morgan fingerprint density at radius 1 is 1.62 bits per heavy atom. The molecule has 0 aliphatic carbocycles. The minimum atomic E-state index is -0.674. The number of carbonyl (C=O) groups is 1. The molecule has 76 valence electrons. The van der Waals surface area contributed by atoms with E-state index in [0.717, 1.165) is 19.5 Å². The minimum absolute atomic E-state index is 0.312. The predicted octanol–water partition coefficient (Wildman–Crippen LogP) is 1.73. The zero-order valence-electron chi connectivity index (χ0n) is 8.33. The molecule has 0 saturated carbocycles. The van der Waals surface area contributed by atoms with Crippen molar-refractivity contribution in [2.75, 3.05) is 13.1 Å². The van der Waals surface area contributed by atoms with Crippen molar-refractivity contribution in [3.8, 4) is 0 Å². The molecule has 13 heavy (non-hydrogen) atoms. The van der Waals surface area contributed by atoms with Gasteiger partial charge in [0, 0.05) is 12.5 Å². The summed E-state index contributed by atoms with van der Waals surface area (Å²) < 4.78 is 0. The van der Waals surface area contributed by atoms with Crippen LogP contribution in [0.15, 0.2) is 0 Å². The lowest BCUT2D eigenvalue weighted by Gasteiger charge is -2.22. The van der Waals surface area contributed by atoms with Gasteiger partial charge in [-0.3, -0.25) is 4.79 Å². The molecular formula is C10H19NO2. The fourth-order valence-electron chi connectivity index (χ4n) is 2.09. The summed E-state index contributed by atoms with van der Waals surface area (Å²) in [5.41, 5.74) is 0. The Bertz CT molecular complexity index is 170. The van der Waals surface area contributed by atoms with Gasteiger partial charge in [0.15, 0.2) is 0 Å². The van der Waals surface area contributed by atoms with Crippen molar-refractivity contribution in [3.05, 3.63) is 0 Å². The first-order valence-corrected chi connectivity index (χ1v) is 5.20. The van der Waals surface area contributed by atoms with Crippen molar-refractivity contribution in [2.24, 2.45) is 0 Å². The molecule has 1 fully saturated rings. The largest absolute Gasteiger partial charge is 0.481 e. The second-order valence-electron chi connectivity index (χ2n) is 3.74. The molecule has 0 amide bonds. The van der Waals surface area contributed by atoms with Gasteiger partial charge >= 0.3 is 5.97 Å². The maximum atomic E-state index is 10.3. The first-order chi connectivity index (χ1) is 6.24.